The molecule has 0 spiro atoms. The van der Waals surface area contributed by atoms with E-state index in [4.69, 9.17) is 9.15 Å². The largest absolute Gasteiger partial charge is 0.497 e. The second-order valence-corrected chi connectivity index (χ2v) is 7.37. The molecule has 7 heteroatoms. The maximum Gasteiger partial charge on any atom is 0.290 e. The van der Waals surface area contributed by atoms with Crippen molar-refractivity contribution >= 4 is 16.9 Å². The van der Waals surface area contributed by atoms with Crippen LogP contribution in [0.3, 0.4) is 0 Å². The summed E-state index contributed by atoms with van der Waals surface area (Å²) in [6.45, 7) is 1.36. The first-order valence-corrected chi connectivity index (χ1v) is 9.51. The Kier molecular flexibility index (Phi) is 5.07. The fourth-order valence-electron chi connectivity index (χ4n) is 3.81. The highest BCUT2D eigenvalue weighted by Gasteiger charge is 2.42. The van der Waals surface area contributed by atoms with Crippen LogP contribution in [0.2, 0.25) is 0 Å². The average molecular weight is 393 g/mol. The van der Waals surface area contributed by atoms with Gasteiger partial charge in [0.2, 0.25) is 5.76 Å². The van der Waals surface area contributed by atoms with Gasteiger partial charge < -0.3 is 19.0 Å². The van der Waals surface area contributed by atoms with Gasteiger partial charge in [0.05, 0.1) is 24.1 Å². The molecule has 1 amide bonds. The second kappa shape index (κ2) is 7.67. The number of pyridine rings is 1. The number of amides is 1. The molecule has 3 aromatic rings. The molecule has 29 heavy (non-hydrogen) atoms. The number of carbonyl (C=O) groups excluding carboxylic acids is 1. The van der Waals surface area contributed by atoms with Crippen molar-refractivity contribution in [2.24, 2.45) is 0 Å². The molecule has 0 saturated carbocycles. The molecule has 1 unspecified atom stereocenters. The number of hydrogen-bond donors (Lipinski definition) is 0. The number of ether oxygens (including phenoxy) is 1. The minimum Gasteiger partial charge on any atom is -0.497 e. The number of benzene rings is 1. The lowest BCUT2D eigenvalue weighted by Gasteiger charge is -2.25. The molecule has 0 radical (unpaired) electrons. The first-order valence-electron chi connectivity index (χ1n) is 9.51. The minimum absolute atomic E-state index is 0.113. The highest BCUT2D eigenvalue weighted by Crippen LogP contribution is 2.38. The summed E-state index contributed by atoms with van der Waals surface area (Å²) in [4.78, 5) is 34.5. The van der Waals surface area contributed by atoms with E-state index in [1.165, 1.54) is 0 Å². The number of nitrogens with zero attached hydrogens (tertiary/aromatic N) is 3. The Bertz CT molecular complexity index is 1110. The van der Waals surface area contributed by atoms with E-state index in [1.54, 1.807) is 42.6 Å². The third-order valence-electron chi connectivity index (χ3n) is 5.20. The summed E-state index contributed by atoms with van der Waals surface area (Å²) in [5.41, 5.74) is 1.40. The van der Waals surface area contributed by atoms with Crippen LogP contribution in [0.5, 0.6) is 5.75 Å². The summed E-state index contributed by atoms with van der Waals surface area (Å²) in [6, 6.07) is 8.24. The van der Waals surface area contributed by atoms with E-state index in [0.717, 1.165) is 18.5 Å². The van der Waals surface area contributed by atoms with Gasteiger partial charge in [0.25, 0.3) is 5.91 Å². The van der Waals surface area contributed by atoms with Crippen LogP contribution in [-0.4, -0.2) is 55.0 Å². The van der Waals surface area contributed by atoms with Crippen LogP contribution >= 0.6 is 0 Å². The van der Waals surface area contributed by atoms with Gasteiger partial charge >= 0.3 is 0 Å². The van der Waals surface area contributed by atoms with E-state index >= 15 is 0 Å². The first-order chi connectivity index (χ1) is 14.0. The number of rotatable bonds is 6. The Morgan fingerprint density at radius 2 is 1.93 bits per heavy atom. The Balaban J connectivity index is 1.87. The summed E-state index contributed by atoms with van der Waals surface area (Å²) >= 11 is 0. The highest BCUT2D eigenvalue weighted by molar-refractivity contribution is 5.99. The van der Waals surface area contributed by atoms with Crippen LogP contribution in [0.1, 0.15) is 34.1 Å². The molecule has 0 N–H and O–H groups in total. The Labute approximate surface area is 168 Å². The molecular formula is C22H23N3O4. The molecule has 4 rings (SSSR count). The van der Waals surface area contributed by atoms with Gasteiger partial charge in [0.1, 0.15) is 11.3 Å². The lowest BCUT2D eigenvalue weighted by molar-refractivity contribution is 0.0722. The third-order valence-corrected chi connectivity index (χ3v) is 5.20. The van der Waals surface area contributed by atoms with Crippen LogP contribution in [0.4, 0.5) is 0 Å². The van der Waals surface area contributed by atoms with Gasteiger partial charge in [-0.1, -0.05) is 0 Å². The smallest absolute Gasteiger partial charge is 0.290 e. The zero-order valence-corrected chi connectivity index (χ0v) is 16.7. The molecule has 1 aliphatic heterocycles. The van der Waals surface area contributed by atoms with Gasteiger partial charge in [-0.2, -0.15) is 0 Å². The number of aromatic nitrogens is 1. The maximum atomic E-state index is 13.4. The van der Waals surface area contributed by atoms with Crippen molar-refractivity contribution < 1.29 is 13.9 Å². The third kappa shape index (κ3) is 3.38. The molecule has 1 aliphatic rings. The molecule has 7 nitrogen and oxygen atoms in total. The van der Waals surface area contributed by atoms with Crippen LogP contribution in [0.25, 0.3) is 11.0 Å². The fourth-order valence-corrected chi connectivity index (χ4v) is 3.81. The number of fused-ring (bicyclic) bond motifs is 2. The van der Waals surface area contributed by atoms with Crippen molar-refractivity contribution in [3.05, 3.63) is 69.8 Å². The predicted octanol–water partition coefficient (Wildman–Crippen LogP) is 2.69. The number of methoxy groups -OCH3 is 1. The van der Waals surface area contributed by atoms with E-state index in [1.807, 2.05) is 26.2 Å². The summed E-state index contributed by atoms with van der Waals surface area (Å²) in [5, 5.41) is 0.437. The molecule has 150 valence electrons. The van der Waals surface area contributed by atoms with E-state index in [0.29, 0.717) is 28.8 Å². The average Bonchev–Trinajstić information content (AvgIpc) is 3.00. The Hall–Kier alpha value is -3.19. The summed E-state index contributed by atoms with van der Waals surface area (Å²) in [7, 11) is 5.53. The predicted molar refractivity (Wildman–Crippen MR) is 109 cm³/mol. The van der Waals surface area contributed by atoms with Crippen molar-refractivity contribution in [1.29, 1.82) is 0 Å². The summed E-state index contributed by atoms with van der Waals surface area (Å²) < 4.78 is 11.2. The van der Waals surface area contributed by atoms with Gasteiger partial charge in [-0.3, -0.25) is 14.6 Å². The van der Waals surface area contributed by atoms with Crippen molar-refractivity contribution in [3.8, 4) is 5.75 Å². The maximum absolute atomic E-state index is 13.4. The van der Waals surface area contributed by atoms with Gasteiger partial charge in [-0.05, 0) is 56.9 Å². The van der Waals surface area contributed by atoms with Crippen molar-refractivity contribution in [3.63, 3.8) is 0 Å². The topological polar surface area (TPSA) is 75.9 Å². The van der Waals surface area contributed by atoms with E-state index in [9.17, 15) is 9.59 Å². The molecule has 2 aromatic heterocycles. The van der Waals surface area contributed by atoms with E-state index in [-0.39, 0.29) is 17.1 Å². The molecular weight excluding hydrogens is 370 g/mol. The molecule has 0 aliphatic carbocycles. The van der Waals surface area contributed by atoms with Crippen LogP contribution < -0.4 is 10.2 Å². The van der Waals surface area contributed by atoms with Gasteiger partial charge in [0.15, 0.2) is 5.43 Å². The number of carbonyl (C=O) groups is 1. The van der Waals surface area contributed by atoms with Gasteiger partial charge in [-0.25, -0.2) is 0 Å². The van der Waals surface area contributed by atoms with Crippen molar-refractivity contribution in [1.82, 2.24) is 14.8 Å². The molecule has 0 saturated heterocycles. The molecule has 1 aromatic carbocycles. The lowest BCUT2D eigenvalue weighted by atomic mass is 9.99. The van der Waals surface area contributed by atoms with Crippen molar-refractivity contribution in [2.45, 2.75) is 12.5 Å². The minimum atomic E-state index is -0.481. The van der Waals surface area contributed by atoms with Crippen LogP contribution in [0.15, 0.2) is 51.9 Å². The highest BCUT2D eigenvalue weighted by atomic mass is 16.5. The summed E-state index contributed by atoms with van der Waals surface area (Å²) in [5.74, 6) is 0.421. The quantitative estimate of drug-likeness (QED) is 0.641. The van der Waals surface area contributed by atoms with E-state index < -0.39 is 6.04 Å². The molecule has 0 bridgehead atoms. The normalized spacial score (nSPS) is 15.9. The second-order valence-electron chi connectivity index (χ2n) is 7.37. The van der Waals surface area contributed by atoms with Crippen LogP contribution in [-0.2, 0) is 0 Å². The Morgan fingerprint density at radius 3 is 2.62 bits per heavy atom. The number of hydrogen-bond acceptors (Lipinski definition) is 6. The van der Waals surface area contributed by atoms with Gasteiger partial charge in [-0.15, -0.1) is 0 Å². The molecule has 0 fully saturated rings. The lowest BCUT2D eigenvalue weighted by Crippen LogP contribution is -2.32. The fraction of sp³-hybridized carbons (Fsp3) is 0.318. The zero-order valence-electron chi connectivity index (χ0n) is 16.7. The van der Waals surface area contributed by atoms with E-state index in [2.05, 4.69) is 9.88 Å². The van der Waals surface area contributed by atoms with Gasteiger partial charge in [0, 0.05) is 25.0 Å². The Morgan fingerprint density at radius 1 is 1.17 bits per heavy atom. The monoisotopic (exact) mass is 393 g/mol. The standard InChI is InChI=1S/C22H23N3O4/c1-24(2)11-4-12-25-19(14-7-9-23-10-8-14)18-20(26)16-6-5-15(28-3)13-17(16)29-21(18)22(25)27/h5-10,13,19H,4,11-12H2,1-3H3. The van der Waals surface area contributed by atoms with Crippen molar-refractivity contribution in [2.75, 3.05) is 34.3 Å². The SMILES string of the molecule is COc1ccc2c(=O)c3c(oc2c1)C(=O)N(CCCN(C)C)C3c1ccncc1. The first kappa shape index (κ1) is 19.1. The summed E-state index contributed by atoms with van der Waals surface area (Å²) in [6.07, 6.45) is 4.13. The van der Waals surface area contributed by atoms with Crippen LogP contribution in [0, 0.1) is 0 Å². The molecule has 3 heterocycles. The zero-order chi connectivity index (χ0) is 20.5. The molecule has 1 atom stereocenters.